The standard InChI is InChI=1S/C38H46N6O4/c1-27-31(23-34(35(45)26-42-18-8-3-9-19-42)44(27)25-28-12-4-2-5-13-28)37(47)41-33(22-29-24-40-32-15-7-6-14-30(29)32)38(48)39-17-11-21-43-20-10-16-36(43)46/h2,4-7,12-15,23-24,33,40H,3,8-11,16-22,25-26H2,1H3,(H,39,48)(H,41,47). The van der Waals surface area contributed by atoms with Crippen LogP contribution in [0.2, 0.25) is 0 Å². The Balaban J connectivity index is 1.23. The van der Waals surface area contributed by atoms with Gasteiger partial charge in [-0.15, -0.1) is 0 Å². The number of aromatic nitrogens is 2. The van der Waals surface area contributed by atoms with Crippen LogP contribution in [0.5, 0.6) is 0 Å². The molecule has 2 saturated heterocycles. The van der Waals surface area contributed by atoms with Crippen LogP contribution < -0.4 is 10.6 Å². The first kappa shape index (κ1) is 33.2. The summed E-state index contributed by atoms with van der Waals surface area (Å²) < 4.78 is 1.94. The Labute approximate surface area is 281 Å². The van der Waals surface area contributed by atoms with Crippen molar-refractivity contribution in [1.29, 1.82) is 0 Å². The maximum atomic E-state index is 14.1. The lowest BCUT2D eigenvalue weighted by Crippen LogP contribution is -2.48. The van der Waals surface area contributed by atoms with Gasteiger partial charge >= 0.3 is 0 Å². The highest BCUT2D eigenvalue weighted by Crippen LogP contribution is 2.22. The summed E-state index contributed by atoms with van der Waals surface area (Å²) in [6.07, 6.45) is 7.62. The maximum absolute atomic E-state index is 14.1. The molecule has 2 aliphatic heterocycles. The number of rotatable bonds is 14. The third-order valence-electron chi connectivity index (χ3n) is 9.69. The van der Waals surface area contributed by atoms with Crippen LogP contribution in [-0.4, -0.2) is 88.2 Å². The van der Waals surface area contributed by atoms with Crippen LogP contribution in [0.15, 0.2) is 66.9 Å². The van der Waals surface area contributed by atoms with Gasteiger partial charge in [-0.2, -0.15) is 0 Å². The molecule has 10 nitrogen and oxygen atoms in total. The number of ketones is 1. The van der Waals surface area contributed by atoms with Crippen molar-refractivity contribution in [2.24, 2.45) is 0 Å². The van der Waals surface area contributed by atoms with Crippen molar-refractivity contribution in [3.8, 4) is 0 Å². The van der Waals surface area contributed by atoms with E-state index < -0.39 is 11.9 Å². The first-order chi connectivity index (χ1) is 23.4. The zero-order valence-electron chi connectivity index (χ0n) is 27.8. The van der Waals surface area contributed by atoms with Gasteiger partial charge in [-0.25, -0.2) is 0 Å². The Kier molecular flexibility index (Phi) is 10.7. The summed E-state index contributed by atoms with van der Waals surface area (Å²) in [4.78, 5) is 60.8. The predicted molar refractivity (Wildman–Crippen MR) is 186 cm³/mol. The van der Waals surface area contributed by atoms with Crippen molar-refractivity contribution in [3.63, 3.8) is 0 Å². The van der Waals surface area contributed by atoms with Crippen molar-refractivity contribution >= 4 is 34.4 Å². The van der Waals surface area contributed by atoms with E-state index in [2.05, 4.69) is 20.5 Å². The van der Waals surface area contributed by atoms with Crippen LogP contribution in [0.1, 0.15) is 76.2 Å². The van der Waals surface area contributed by atoms with E-state index in [-0.39, 0.29) is 24.0 Å². The van der Waals surface area contributed by atoms with Crippen molar-refractivity contribution in [2.45, 2.75) is 64.5 Å². The molecule has 10 heteroatoms. The van der Waals surface area contributed by atoms with E-state index >= 15 is 0 Å². The number of hydrogen-bond donors (Lipinski definition) is 3. The molecule has 4 heterocycles. The Hall–Kier alpha value is -4.70. The molecule has 2 aromatic heterocycles. The average Bonchev–Trinajstić information content (AvgIpc) is 3.80. The van der Waals surface area contributed by atoms with Gasteiger partial charge in [-0.3, -0.25) is 24.1 Å². The van der Waals surface area contributed by atoms with Crippen LogP contribution in [0.4, 0.5) is 0 Å². The predicted octanol–water partition coefficient (Wildman–Crippen LogP) is 4.46. The molecular formula is C38H46N6O4. The summed E-state index contributed by atoms with van der Waals surface area (Å²) in [5, 5.41) is 7.02. The van der Waals surface area contributed by atoms with Crippen molar-refractivity contribution in [2.75, 3.05) is 39.3 Å². The second kappa shape index (κ2) is 15.5. The summed E-state index contributed by atoms with van der Waals surface area (Å²) in [6.45, 7) is 6.19. The van der Waals surface area contributed by atoms with Gasteiger partial charge in [0, 0.05) is 61.8 Å². The lowest BCUT2D eigenvalue weighted by atomic mass is 10.0. The second-order valence-electron chi connectivity index (χ2n) is 13.1. The fourth-order valence-electron chi connectivity index (χ4n) is 6.99. The van der Waals surface area contributed by atoms with E-state index in [1.165, 1.54) is 6.42 Å². The lowest BCUT2D eigenvalue weighted by molar-refractivity contribution is -0.127. The number of hydrogen-bond acceptors (Lipinski definition) is 5. The Morgan fingerprint density at radius 2 is 1.71 bits per heavy atom. The minimum absolute atomic E-state index is 0.0143. The third-order valence-corrected chi connectivity index (χ3v) is 9.69. The number of benzene rings is 2. The highest BCUT2D eigenvalue weighted by molar-refractivity contribution is 6.03. The van der Waals surface area contributed by atoms with Gasteiger partial charge in [-0.1, -0.05) is 55.0 Å². The Morgan fingerprint density at radius 3 is 2.48 bits per heavy atom. The van der Waals surface area contributed by atoms with E-state index in [1.807, 2.05) is 77.2 Å². The number of Topliss-reactive ketones (excluding diaryl/α,β-unsaturated/α-hetero) is 1. The first-order valence-electron chi connectivity index (χ1n) is 17.3. The van der Waals surface area contributed by atoms with Crippen molar-refractivity contribution < 1.29 is 19.2 Å². The number of carbonyl (C=O) groups is 4. The summed E-state index contributed by atoms with van der Waals surface area (Å²) in [5.74, 6) is -0.535. The van der Waals surface area contributed by atoms with Gasteiger partial charge in [0.2, 0.25) is 11.8 Å². The normalized spacial score (nSPS) is 15.9. The summed E-state index contributed by atoms with van der Waals surface area (Å²) >= 11 is 0. The molecule has 3 amide bonds. The van der Waals surface area contributed by atoms with Crippen LogP contribution in [-0.2, 0) is 22.6 Å². The van der Waals surface area contributed by atoms with Crippen LogP contribution in [0.3, 0.4) is 0 Å². The molecule has 3 N–H and O–H groups in total. The largest absolute Gasteiger partial charge is 0.361 e. The van der Waals surface area contributed by atoms with Gasteiger partial charge in [0.15, 0.2) is 5.78 Å². The van der Waals surface area contributed by atoms with Crippen LogP contribution >= 0.6 is 0 Å². The Bertz CT molecular complexity index is 1750. The molecule has 1 atom stereocenters. The van der Waals surface area contributed by atoms with Gasteiger partial charge in [0.05, 0.1) is 17.8 Å². The quantitative estimate of drug-likeness (QED) is 0.138. The fraction of sp³-hybridized carbons (Fsp3) is 0.421. The maximum Gasteiger partial charge on any atom is 0.253 e. The fourth-order valence-corrected chi connectivity index (χ4v) is 6.99. The SMILES string of the molecule is Cc1c(C(=O)NC(Cc2c[nH]c3ccccc23)C(=O)NCCCN2CCCC2=O)cc(C(=O)CN2CCCCC2)n1Cc1ccccc1. The summed E-state index contributed by atoms with van der Waals surface area (Å²) in [6, 6.07) is 18.6. The molecule has 1 unspecified atom stereocenters. The minimum Gasteiger partial charge on any atom is -0.361 e. The van der Waals surface area contributed by atoms with E-state index in [0.717, 1.165) is 60.9 Å². The molecule has 0 aliphatic carbocycles. The first-order valence-corrected chi connectivity index (χ1v) is 17.3. The molecule has 0 spiro atoms. The smallest absolute Gasteiger partial charge is 0.253 e. The highest BCUT2D eigenvalue weighted by atomic mass is 16.2. The minimum atomic E-state index is -0.852. The number of nitrogens with zero attached hydrogens (tertiary/aromatic N) is 3. The molecule has 2 aromatic carbocycles. The number of amides is 3. The van der Waals surface area contributed by atoms with E-state index in [1.54, 1.807) is 6.07 Å². The van der Waals surface area contributed by atoms with Crippen LogP contribution in [0, 0.1) is 6.92 Å². The molecule has 0 bridgehead atoms. The third kappa shape index (κ3) is 7.87. The molecule has 2 fully saturated rings. The molecular weight excluding hydrogens is 604 g/mol. The van der Waals surface area contributed by atoms with Gasteiger partial charge in [0.25, 0.3) is 5.91 Å². The number of para-hydroxylation sites is 1. The lowest BCUT2D eigenvalue weighted by Gasteiger charge is -2.25. The number of nitrogens with one attached hydrogen (secondary N) is 3. The number of H-pyrrole nitrogens is 1. The zero-order chi connectivity index (χ0) is 33.5. The highest BCUT2D eigenvalue weighted by Gasteiger charge is 2.28. The second-order valence-corrected chi connectivity index (χ2v) is 13.1. The van der Waals surface area contributed by atoms with E-state index in [0.29, 0.717) is 56.0 Å². The molecule has 4 aromatic rings. The van der Waals surface area contributed by atoms with E-state index in [4.69, 9.17) is 0 Å². The monoisotopic (exact) mass is 650 g/mol. The van der Waals surface area contributed by atoms with Gasteiger partial charge in [-0.05, 0) is 69.0 Å². The number of carbonyl (C=O) groups excluding carboxylic acids is 4. The van der Waals surface area contributed by atoms with Crippen LogP contribution in [0.25, 0.3) is 10.9 Å². The Morgan fingerprint density at radius 1 is 0.938 bits per heavy atom. The topological polar surface area (TPSA) is 120 Å². The van der Waals surface area contributed by atoms with Gasteiger partial charge < -0.3 is 25.1 Å². The summed E-state index contributed by atoms with van der Waals surface area (Å²) in [7, 11) is 0. The molecule has 252 valence electrons. The van der Waals surface area contributed by atoms with Gasteiger partial charge in [0.1, 0.15) is 6.04 Å². The summed E-state index contributed by atoms with van der Waals surface area (Å²) in [5.41, 5.74) is 4.48. The molecule has 2 aliphatic rings. The van der Waals surface area contributed by atoms with Crippen molar-refractivity contribution in [3.05, 3.63) is 94.9 Å². The zero-order valence-corrected chi connectivity index (χ0v) is 27.8. The number of aromatic amines is 1. The molecule has 6 rings (SSSR count). The van der Waals surface area contributed by atoms with Crippen molar-refractivity contribution in [1.82, 2.24) is 30.0 Å². The number of piperidine rings is 1. The molecule has 48 heavy (non-hydrogen) atoms. The number of likely N-dealkylation sites (tertiary alicyclic amines) is 2. The molecule has 0 radical (unpaired) electrons. The molecule has 0 saturated carbocycles. The average molecular weight is 651 g/mol. The number of fused-ring (bicyclic) bond motifs is 1. The van der Waals surface area contributed by atoms with E-state index in [9.17, 15) is 19.2 Å².